The maximum absolute atomic E-state index is 12.8. The van der Waals surface area contributed by atoms with Crippen molar-refractivity contribution in [3.05, 3.63) is 83.9 Å². The largest absolute Gasteiger partial charge is 0.334 e. The van der Waals surface area contributed by atoms with Crippen LogP contribution in [-0.4, -0.2) is 26.9 Å². The molecule has 3 heterocycles. The summed E-state index contributed by atoms with van der Waals surface area (Å²) in [5.41, 5.74) is 4.17. The average molecular weight is 303 g/mol. The molecule has 0 unspecified atom stereocenters. The summed E-state index contributed by atoms with van der Waals surface area (Å²) in [7, 11) is 0. The zero-order valence-corrected chi connectivity index (χ0v) is 12.7. The van der Waals surface area contributed by atoms with Crippen molar-refractivity contribution in [3.63, 3.8) is 0 Å². The molecule has 0 atom stereocenters. The van der Waals surface area contributed by atoms with Crippen molar-refractivity contribution in [1.29, 1.82) is 0 Å². The van der Waals surface area contributed by atoms with Gasteiger partial charge in [-0.15, -0.1) is 0 Å². The molecule has 4 nitrogen and oxygen atoms in total. The molecule has 3 aromatic rings. The molecule has 23 heavy (non-hydrogen) atoms. The summed E-state index contributed by atoms with van der Waals surface area (Å²) < 4.78 is 2.01. The van der Waals surface area contributed by atoms with Gasteiger partial charge in [0.05, 0.1) is 0 Å². The van der Waals surface area contributed by atoms with Crippen LogP contribution in [0, 0.1) is 0 Å². The average Bonchev–Trinajstić information content (AvgIpc) is 3.15. The number of amides is 1. The fourth-order valence-electron chi connectivity index (χ4n) is 3.04. The van der Waals surface area contributed by atoms with E-state index in [0.29, 0.717) is 6.54 Å². The molecule has 1 aromatic carbocycles. The molecule has 0 fully saturated rings. The summed E-state index contributed by atoms with van der Waals surface area (Å²) in [5.74, 6) is 0.0773. The van der Waals surface area contributed by atoms with Crippen molar-refractivity contribution in [2.75, 3.05) is 6.54 Å². The molecule has 1 aliphatic rings. The third-order valence-corrected chi connectivity index (χ3v) is 4.30. The molecular weight excluding hydrogens is 286 g/mol. The van der Waals surface area contributed by atoms with Crippen molar-refractivity contribution in [2.24, 2.45) is 0 Å². The maximum Gasteiger partial charge on any atom is 0.254 e. The lowest BCUT2D eigenvalue weighted by Crippen LogP contribution is -2.36. The van der Waals surface area contributed by atoms with Gasteiger partial charge in [0.1, 0.15) is 0 Å². The van der Waals surface area contributed by atoms with Gasteiger partial charge in [0, 0.05) is 49.1 Å². The van der Waals surface area contributed by atoms with E-state index >= 15 is 0 Å². The molecule has 0 aliphatic carbocycles. The first-order valence-corrected chi connectivity index (χ1v) is 7.76. The van der Waals surface area contributed by atoms with Gasteiger partial charge in [-0.2, -0.15) is 0 Å². The minimum atomic E-state index is 0.0773. The lowest BCUT2D eigenvalue weighted by molar-refractivity contribution is 0.0734. The molecule has 0 radical (unpaired) electrons. The number of hydrogen-bond acceptors (Lipinski definition) is 2. The summed E-state index contributed by atoms with van der Waals surface area (Å²) in [6, 6.07) is 13.8. The first kappa shape index (κ1) is 13.8. The number of rotatable bonds is 2. The second-order valence-electron chi connectivity index (χ2n) is 5.76. The van der Waals surface area contributed by atoms with Gasteiger partial charge in [0.15, 0.2) is 0 Å². The Labute approximate surface area is 135 Å². The number of benzene rings is 1. The predicted molar refractivity (Wildman–Crippen MR) is 88.5 cm³/mol. The number of nitrogens with zero attached hydrogens (tertiary/aromatic N) is 3. The highest BCUT2D eigenvalue weighted by atomic mass is 16.2. The van der Waals surface area contributed by atoms with E-state index in [1.807, 2.05) is 76.7 Å². The minimum absolute atomic E-state index is 0.0773. The Kier molecular flexibility index (Phi) is 3.42. The van der Waals surface area contributed by atoms with Crippen molar-refractivity contribution < 1.29 is 4.79 Å². The Morgan fingerprint density at radius 2 is 1.91 bits per heavy atom. The lowest BCUT2D eigenvalue weighted by atomic mass is 10.0. The van der Waals surface area contributed by atoms with Crippen LogP contribution < -0.4 is 0 Å². The normalized spacial score (nSPS) is 13.7. The third-order valence-electron chi connectivity index (χ3n) is 4.30. The summed E-state index contributed by atoms with van der Waals surface area (Å²) in [6.07, 6.45) is 8.53. The molecule has 4 rings (SSSR count). The first-order chi connectivity index (χ1) is 11.3. The highest BCUT2D eigenvalue weighted by molar-refractivity contribution is 5.94. The smallest absolute Gasteiger partial charge is 0.254 e. The van der Waals surface area contributed by atoms with Crippen molar-refractivity contribution >= 4 is 5.91 Å². The number of hydrogen-bond donors (Lipinski definition) is 0. The van der Waals surface area contributed by atoms with Gasteiger partial charge in [-0.25, -0.2) is 0 Å². The number of fused-ring (bicyclic) bond motifs is 1. The Morgan fingerprint density at radius 1 is 1.04 bits per heavy atom. The molecule has 0 saturated carbocycles. The fourth-order valence-corrected chi connectivity index (χ4v) is 3.04. The molecular formula is C19H17N3O. The van der Waals surface area contributed by atoms with Crippen LogP contribution in [0.5, 0.6) is 0 Å². The predicted octanol–water partition coefficient (Wildman–Crippen LogP) is 3.07. The van der Waals surface area contributed by atoms with Gasteiger partial charge < -0.3 is 9.47 Å². The number of carbonyl (C=O) groups is 1. The van der Waals surface area contributed by atoms with Crippen molar-refractivity contribution in [2.45, 2.75) is 13.0 Å². The highest BCUT2D eigenvalue weighted by Gasteiger charge is 2.21. The Hall–Kier alpha value is -2.88. The van der Waals surface area contributed by atoms with Gasteiger partial charge in [0.2, 0.25) is 0 Å². The van der Waals surface area contributed by atoms with Crippen molar-refractivity contribution in [3.8, 4) is 5.69 Å². The lowest BCUT2D eigenvalue weighted by Gasteiger charge is -2.28. The van der Waals surface area contributed by atoms with E-state index in [1.165, 1.54) is 5.56 Å². The molecule has 1 aliphatic heterocycles. The fraction of sp³-hybridized carbons (Fsp3) is 0.158. The first-order valence-electron chi connectivity index (χ1n) is 7.76. The number of pyridine rings is 1. The van der Waals surface area contributed by atoms with Gasteiger partial charge in [-0.1, -0.05) is 6.07 Å². The second-order valence-corrected chi connectivity index (χ2v) is 5.76. The molecule has 114 valence electrons. The molecule has 4 heteroatoms. The van der Waals surface area contributed by atoms with E-state index in [1.54, 1.807) is 0 Å². The van der Waals surface area contributed by atoms with E-state index in [0.717, 1.165) is 29.8 Å². The number of aromatic nitrogens is 2. The Morgan fingerprint density at radius 3 is 2.78 bits per heavy atom. The maximum atomic E-state index is 12.8. The van der Waals surface area contributed by atoms with Gasteiger partial charge >= 0.3 is 0 Å². The minimum Gasteiger partial charge on any atom is -0.334 e. The van der Waals surface area contributed by atoms with Crippen LogP contribution in [0.4, 0.5) is 0 Å². The van der Waals surface area contributed by atoms with Crippen LogP contribution in [0.1, 0.15) is 21.5 Å². The van der Waals surface area contributed by atoms with Gasteiger partial charge in [-0.3, -0.25) is 9.78 Å². The van der Waals surface area contributed by atoms with Crippen LogP contribution in [0.2, 0.25) is 0 Å². The molecule has 0 spiro atoms. The summed E-state index contributed by atoms with van der Waals surface area (Å²) in [5, 5.41) is 0. The van der Waals surface area contributed by atoms with E-state index in [2.05, 4.69) is 4.98 Å². The van der Waals surface area contributed by atoms with Crippen LogP contribution in [0.15, 0.2) is 67.3 Å². The van der Waals surface area contributed by atoms with E-state index < -0.39 is 0 Å². The molecule has 2 aromatic heterocycles. The Balaban J connectivity index is 1.59. The zero-order chi connectivity index (χ0) is 15.6. The van der Waals surface area contributed by atoms with Gasteiger partial charge in [0.25, 0.3) is 5.91 Å². The zero-order valence-electron chi connectivity index (χ0n) is 12.7. The van der Waals surface area contributed by atoms with E-state index in [9.17, 15) is 4.79 Å². The van der Waals surface area contributed by atoms with Gasteiger partial charge in [-0.05, 0) is 53.9 Å². The number of carbonyl (C=O) groups excluding carboxylic acids is 1. The second kappa shape index (κ2) is 5.72. The molecule has 0 bridgehead atoms. The van der Waals surface area contributed by atoms with E-state index in [-0.39, 0.29) is 5.91 Å². The quantitative estimate of drug-likeness (QED) is 0.730. The molecule has 0 saturated heterocycles. The van der Waals surface area contributed by atoms with Crippen LogP contribution in [-0.2, 0) is 13.0 Å². The third kappa shape index (κ3) is 2.63. The molecule has 0 N–H and O–H groups in total. The van der Waals surface area contributed by atoms with Crippen LogP contribution in [0.3, 0.4) is 0 Å². The Bertz CT molecular complexity index is 839. The molecule has 1 amide bonds. The highest BCUT2D eigenvalue weighted by Crippen LogP contribution is 2.20. The van der Waals surface area contributed by atoms with Crippen molar-refractivity contribution in [1.82, 2.24) is 14.5 Å². The summed E-state index contributed by atoms with van der Waals surface area (Å²) in [6.45, 7) is 1.39. The van der Waals surface area contributed by atoms with Crippen LogP contribution in [0.25, 0.3) is 5.69 Å². The van der Waals surface area contributed by atoms with E-state index in [4.69, 9.17) is 0 Å². The standard InChI is InChI=1S/C19H17N3O/c23-19(22-11-7-15-6-8-20-13-17(15)14-22)16-4-3-5-18(12-16)21-9-1-2-10-21/h1-6,8-10,12-13H,7,11,14H2. The summed E-state index contributed by atoms with van der Waals surface area (Å²) in [4.78, 5) is 18.9. The topological polar surface area (TPSA) is 38.1 Å². The monoisotopic (exact) mass is 303 g/mol. The van der Waals surface area contributed by atoms with Crippen LogP contribution >= 0.6 is 0 Å². The summed E-state index contributed by atoms with van der Waals surface area (Å²) >= 11 is 0. The SMILES string of the molecule is O=C(c1cccc(-n2cccc2)c1)N1CCc2ccncc2C1.